The zero-order valence-corrected chi connectivity index (χ0v) is 17.5. The molecule has 2 fully saturated rings. The number of hydrogen-bond acceptors (Lipinski definition) is 6. The zero-order valence-electron chi connectivity index (χ0n) is 17.5. The van der Waals surface area contributed by atoms with E-state index in [0.717, 1.165) is 61.4 Å². The lowest BCUT2D eigenvalue weighted by Crippen LogP contribution is -2.58. The van der Waals surface area contributed by atoms with Crippen molar-refractivity contribution in [2.75, 3.05) is 38.1 Å². The molecule has 8 nitrogen and oxygen atoms in total. The molecular formula is C22H27N7O. The Morgan fingerprint density at radius 1 is 1.13 bits per heavy atom. The van der Waals surface area contributed by atoms with E-state index < -0.39 is 0 Å². The Labute approximate surface area is 175 Å². The Hall–Kier alpha value is -3.00. The molecule has 3 aromatic rings. The quantitative estimate of drug-likeness (QED) is 0.713. The van der Waals surface area contributed by atoms with E-state index in [-0.39, 0.29) is 11.8 Å². The van der Waals surface area contributed by atoms with Gasteiger partial charge in [-0.2, -0.15) is 10.2 Å². The summed E-state index contributed by atoms with van der Waals surface area (Å²) in [6.45, 7) is 5.54. The minimum Gasteiger partial charge on any atom is -0.353 e. The number of likely N-dealkylation sites (N-methyl/N-ethyl adjacent to an activating group) is 1. The Balaban J connectivity index is 1.29. The lowest BCUT2D eigenvalue weighted by atomic mass is 9.95. The van der Waals surface area contributed by atoms with Crippen LogP contribution < -0.4 is 10.2 Å². The summed E-state index contributed by atoms with van der Waals surface area (Å²) in [4.78, 5) is 17.0. The van der Waals surface area contributed by atoms with Gasteiger partial charge in [0.05, 0.1) is 17.9 Å². The number of fused-ring (bicyclic) bond motifs is 1. The molecule has 1 aromatic carbocycles. The van der Waals surface area contributed by atoms with Crippen LogP contribution in [-0.4, -0.2) is 70.1 Å². The predicted octanol–water partition coefficient (Wildman–Crippen LogP) is 1.77. The number of hydrogen-bond donors (Lipinski definition) is 1. The second-order valence-electron chi connectivity index (χ2n) is 8.57. The van der Waals surface area contributed by atoms with Crippen molar-refractivity contribution in [1.82, 2.24) is 30.2 Å². The summed E-state index contributed by atoms with van der Waals surface area (Å²) >= 11 is 0. The second-order valence-corrected chi connectivity index (χ2v) is 8.57. The maximum absolute atomic E-state index is 12.6. The van der Waals surface area contributed by atoms with Crippen LogP contribution in [0.15, 0.2) is 36.7 Å². The van der Waals surface area contributed by atoms with Crippen molar-refractivity contribution in [3.8, 4) is 5.69 Å². The van der Waals surface area contributed by atoms with E-state index in [9.17, 15) is 4.79 Å². The molecule has 0 atom stereocenters. The first-order valence-electron chi connectivity index (χ1n) is 10.6. The van der Waals surface area contributed by atoms with Crippen molar-refractivity contribution in [3.63, 3.8) is 0 Å². The van der Waals surface area contributed by atoms with Crippen LogP contribution in [0.1, 0.15) is 18.4 Å². The van der Waals surface area contributed by atoms with Crippen molar-refractivity contribution in [2.45, 2.75) is 25.8 Å². The van der Waals surface area contributed by atoms with Gasteiger partial charge in [-0.3, -0.25) is 4.79 Å². The molecule has 2 saturated heterocycles. The molecule has 1 amide bonds. The highest BCUT2D eigenvalue weighted by molar-refractivity contribution is 5.88. The number of amides is 1. The molecule has 1 N–H and O–H groups in total. The topological polar surface area (TPSA) is 79.2 Å². The summed E-state index contributed by atoms with van der Waals surface area (Å²) in [7, 11) is 2.07. The molecule has 2 aromatic heterocycles. The van der Waals surface area contributed by atoms with Gasteiger partial charge in [-0.1, -0.05) is 17.7 Å². The lowest BCUT2D eigenvalue weighted by molar-refractivity contribution is -0.127. The Bertz CT molecular complexity index is 1050. The van der Waals surface area contributed by atoms with Gasteiger partial charge in [0.15, 0.2) is 5.82 Å². The first-order chi connectivity index (χ1) is 14.6. The summed E-state index contributed by atoms with van der Waals surface area (Å²) in [6.07, 6.45) is 5.40. The molecule has 0 aliphatic carbocycles. The fraction of sp³-hybridized carbons (Fsp3) is 0.455. The van der Waals surface area contributed by atoms with E-state index in [0.29, 0.717) is 6.04 Å². The Morgan fingerprint density at radius 2 is 1.87 bits per heavy atom. The van der Waals surface area contributed by atoms with Crippen molar-refractivity contribution in [3.05, 3.63) is 42.2 Å². The van der Waals surface area contributed by atoms with Crippen LogP contribution in [0.3, 0.4) is 0 Å². The van der Waals surface area contributed by atoms with E-state index in [1.165, 1.54) is 5.56 Å². The molecule has 8 heteroatoms. The summed E-state index contributed by atoms with van der Waals surface area (Å²) < 4.78 is 1.88. The molecule has 2 aliphatic rings. The van der Waals surface area contributed by atoms with Gasteiger partial charge in [-0.15, -0.1) is 5.10 Å². The average Bonchev–Trinajstić information content (AvgIpc) is 3.17. The van der Waals surface area contributed by atoms with E-state index in [2.05, 4.69) is 63.6 Å². The number of aryl methyl sites for hydroxylation is 1. The lowest BCUT2D eigenvalue weighted by Gasteiger charge is -2.38. The minimum absolute atomic E-state index is 0.0736. The normalized spacial score (nSPS) is 18.5. The van der Waals surface area contributed by atoms with Gasteiger partial charge in [0.2, 0.25) is 5.91 Å². The summed E-state index contributed by atoms with van der Waals surface area (Å²) in [6, 6.07) is 8.59. The molecule has 4 heterocycles. The molecule has 30 heavy (non-hydrogen) atoms. The van der Waals surface area contributed by atoms with Crippen molar-refractivity contribution in [2.24, 2.45) is 5.92 Å². The van der Waals surface area contributed by atoms with Crippen LogP contribution in [0.4, 0.5) is 5.82 Å². The van der Waals surface area contributed by atoms with Crippen LogP contribution in [0.5, 0.6) is 0 Å². The largest absolute Gasteiger partial charge is 0.353 e. The molecule has 0 radical (unpaired) electrons. The fourth-order valence-corrected chi connectivity index (χ4v) is 4.35. The second kappa shape index (κ2) is 7.68. The third kappa shape index (κ3) is 3.63. The number of anilines is 1. The number of benzene rings is 1. The summed E-state index contributed by atoms with van der Waals surface area (Å²) in [5.41, 5.74) is 3.08. The number of carbonyl (C=O) groups excluding carboxylic acids is 1. The van der Waals surface area contributed by atoms with Crippen LogP contribution in [-0.2, 0) is 4.79 Å². The first-order valence-corrected chi connectivity index (χ1v) is 10.6. The van der Waals surface area contributed by atoms with Crippen LogP contribution in [0, 0.1) is 12.8 Å². The number of rotatable bonds is 4. The number of aromatic nitrogens is 4. The highest BCUT2D eigenvalue weighted by Gasteiger charge is 2.31. The van der Waals surface area contributed by atoms with E-state index in [4.69, 9.17) is 5.10 Å². The van der Waals surface area contributed by atoms with Gasteiger partial charge in [-0.25, -0.2) is 4.68 Å². The maximum Gasteiger partial charge on any atom is 0.223 e. The third-order valence-electron chi connectivity index (χ3n) is 6.18. The molecule has 0 unspecified atom stereocenters. The molecule has 5 rings (SSSR count). The van der Waals surface area contributed by atoms with Gasteiger partial charge < -0.3 is 15.1 Å². The van der Waals surface area contributed by atoms with E-state index in [1.54, 1.807) is 6.20 Å². The molecule has 0 bridgehead atoms. The summed E-state index contributed by atoms with van der Waals surface area (Å²) in [5.74, 6) is 1.07. The molecular weight excluding hydrogens is 378 g/mol. The fourth-order valence-electron chi connectivity index (χ4n) is 4.35. The number of likely N-dealkylation sites (tertiary alicyclic amines) is 1. The van der Waals surface area contributed by atoms with Gasteiger partial charge in [0.25, 0.3) is 0 Å². The summed E-state index contributed by atoms with van der Waals surface area (Å²) in [5, 5.41) is 17.5. The van der Waals surface area contributed by atoms with Gasteiger partial charge in [0, 0.05) is 43.7 Å². The van der Waals surface area contributed by atoms with Crippen LogP contribution in [0.25, 0.3) is 16.6 Å². The molecule has 2 aliphatic heterocycles. The molecule has 156 valence electrons. The Kier molecular flexibility index (Phi) is 4.86. The molecule has 0 spiro atoms. The van der Waals surface area contributed by atoms with Crippen LogP contribution >= 0.6 is 0 Å². The van der Waals surface area contributed by atoms with Crippen molar-refractivity contribution >= 4 is 22.6 Å². The van der Waals surface area contributed by atoms with Crippen molar-refractivity contribution in [1.29, 1.82) is 0 Å². The van der Waals surface area contributed by atoms with Gasteiger partial charge >= 0.3 is 0 Å². The van der Waals surface area contributed by atoms with Gasteiger partial charge in [0.1, 0.15) is 5.52 Å². The standard InChI is InChI=1S/C22H27N7O/c1-15-3-5-19(6-4-15)29-12-17-11-23-25-21(20(17)26-29)28-9-7-16(8-10-28)22(30)24-18-13-27(2)14-18/h3-6,11-12,16,18H,7-10,13-14H2,1-2H3,(H,24,30). The maximum atomic E-state index is 12.6. The third-order valence-corrected chi connectivity index (χ3v) is 6.18. The molecule has 0 saturated carbocycles. The average molecular weight is 406 g/mol. The predicted molar refractivity (Wildman–Crippen MR) is 116 cm³/mol. The van der Waals surface area contributed by atoms with E-state index >= 15 is 0 Å². The van der Waals surface area contributed by atoms with E-state index in [1.807, 2.05) is 10.9 Å². The Morgan fingerprint density at radius 3 is 2.57 bits per heavy atom. The highest BCUT2D eigenvalue weighted by Crippen LogP contribution is 2.28. The minimum atomic E-state index is 0.0736. The first kappa shape index (κ1) is 19.0. The number of nitrogens with one attached hydrogen (secondary N) is 1. The number of nitrogens with zero attached hydrogens (tertiary/aromatic N) is 6. The van der Waals surface area contributed by atoms with Gasteiger partial charge in [-0.05, 0) is 38.9 Å². The number of carbonyl (C=O) groups is 1. The SMILES string of the molecule is Cc1ccc(-n2cc3cnnc(N4CCC(C(=O)NC5CN(C)C5)CC4)c3n2)cc1. The number of piperidine rings is 1. The zero-order chi connectivity index (χ0) is 20.7. The highest BCUT2D eigenvalue weighted by atomic mass is 16.2. The van der Waals surface area contributed by atoms with Crippen molar-refractivity contribution < 1.29 is 4.79 Å². The smallest absolute Gasteiger partial charge is 0.223 e. The monoisotopic (exact) mass is 405 g/mol. The van der Waals surface area contributed by atoms with Crippen LogP contribution in [0.2, 0.25) is 0 Å².